The molecule has 0 aliphatic rings. The van der Waals surface area contributed by atoms with E-state index in [0.29, 0.717) is 17.0 Å². The summed E-state index contributed by atoms with van der Waals surface area (Å²) in [5.74, 6) is 5.14. The first kappa shape index (κ1) is 13.0. The summed E-state index contributed by atoms with van der Waals surface area (Å²) in [5, 5.41) is 0.368. The second-order valence-electron chi connectivity index (χ2n) is 3.91. The lowest BCUT2D eigenvalue weighted by Gasteiger charge is -2.18. The van der Waals surface area contributed by atoms with Crippen molar-refractivity contribution in [2.24, 2.45) is 5.84 Å². The van der Waals surface area contributed by atoms with E-state index in [0.717, 1.165) is 5.56 Å². The van der Waals surface area contributed by atoms with E-state index in [1.54, 1.807) is 24.5 Å². The molecule has 1 heterocycles. The van der Waals surface area contributed by atoms with Crippen LogP contribution in [0.3, 0.4) is 0 Å². The number of nitrogens with zero attached hydrogens (tertiary/aromatic N) is 1. The fraction of sp³-hybridized carbons (Fsp3) is 0.154. The molecule has 0 bridgehead atoms. The van der Waals surface area contributed by atoms with Gasteiger partial charge >= 0.3 is 0 Å². The van der Waals surface area contributed by atoms with Crippen LogP contribution in [0.5, 0.6) is 0 Å². The molecule has 0 spiro atoms. The van der Waals surface area contributed by atoms with Gasteiger partial charge in [-0.05, 0) is 36.2 Å². The van der Waals surface area contributed by atoms with E-state index in [4.69, 9.17) is 17.4 Å². The Morgan fingerprint density at radius 2 is 2.00 bits per heavy atom. The number of hydrogen-bond donors (Lipinski definition) is 2. The zero-order valence-corrected chi connectivity index (χ0v) is 10.4. The zero-order chi connectivity index (χ0) is 13.0. The van der Waals surface area contributed by atoms with Crippen molar-refractivity contribution in [1.82, 2.24) is 10.4 Å². The van der Waals surface area contributed by atoms with Gasteiger partial charge in [0.25, 0.3) is 0 Å². The summed E-state index contributed by atoms with van der Waals surface area (Å²) < 4.78 is 13.8. The number of hydrogen-bond acceptors (Lipinski definition) is 3. The van der Waals surface area contributed by atoms with E-state index >= 15 is 0 Å². The third kappa shape index (κ3) is 2.85. The van der Waals surface area contributed by atoms with Crippen molar-refractivity contribution in [3.8, 4) is 0 Å². The summed E-state index contributed by atoms with van der Waals surface area (Å²) in [4.78, 5) is 3.93. The van der Waals surface area contributed by atoms with Crippen LogP contribution in [0.1, 0.15) is 17.2 Å². The van der Waals surface area contributed by atoms with Crippen LogP contribution >= 0.6 is 11.6 Å². The number of aromatic nitrogens is 1. The Bertz CT molecular complexity index is 499. The van der Waals surface area contributed by atoms with Crippen LogP contribution in [0.2, 0.25) is 5.02 Å². The highest BCUT2D eigenvalue weighted by molar-refractivity contribution is 6.31. The molecule has 1 aromatic carbocycles. The van der Waals surface area contributed by atoms with Gasteiger partial charge in [0, 0.05) is 23.0 Å². The van der Waals surface area contributed by atoms with E-state index in [-0.39, 0.29) is 11.9 Å². The standard InChI is InChI=1S/C13H13ClFN3/c14-10-2-1-3-11(15)13(10)12(18-16)8-9-4-6-17-7-5-9/h1-7,12,18H,8,16H2. The molecule has 1 aromatic heterocycles. The molecule has 1 unspecified atom stereocenters. The molecule has 2 aromatic rings. The van der Waals surface area contributed by atoms with Crippen molar-refractivity contribution in [3.63, 3.8) is 0 Å². The minimum absolute atomic E-state index is 0.362. The van der Waals surface area contributed by atoms with Gasteiger partial charge in [-0.1, -0.05) is 17.7 Å². The second kappa shape index (κ2) is 5.91. The molecule has 0 aliphatic heterocycles. The van der Waals surface area contributed by atoms with Crippen LogP contribution in [0, 0.1) is 5.82 Å². The maximum Gasteiger partial charge on any atom is 0.129 e. The first-order valence-electron chi connectivity index (χ1n) is 5.51. The first-order chi connectivity index (χ1) is 8.72. The minimum Gasteiger partial charge on any atom is -0.271 e. The van der Waals surface area contributed by atoms with Gasteiger partial charge in [-0.15, -0.1) is 0 Å². The molecule has 0 saturated heterocycles. The molecule has 18 heavy (non-hydrogen) atoms. The van der Waals surface area contributed by atoms with Crippen LogP contribution in [-0.4, -0.2) is 4.98 Å². The van der Waals surface area contributed by atoms with Crippen molar-refractivity contribution < 1.29 is 4.39 Å². The van der Waals surface area contributed by atoms with Crippen LogP contribution in [0.25, 0.3) is 0 Å². The highest BCUT2D eigenvalue weighted by Gasteiger charge is 2.18. The number of hydrazine groups is 1. The van der Waals surface area contributed by atoms with Crippen LogP contribution in [0.4, 0.5) is 4.39 Å². The van der Waals surface area contributed by atoms with Gasteiger partial charge in [0.05, 0.1) is 6.04 Å². The molecule has 3 nitrogen and oxygen atoms in total. The topological polar surface area (TPSA) is 50.9 Å². The van der Waals surface area contributed by atoms with Gasteiger partial charge < -0.3 is 0 Å². The number of pyridine rings is 1. The number of nitrogens with one attached hydrogen (secondary N) is 1. The van der Waals surface area contributed by atoms with Crippen molar-refractivity contribution in [2.75, 3.05) is 0 Å². The largest absolute Gasteiger partial charge is 0.271 e. The maximum absolute atomic E-state index is 13.8. The zero-order valence-electron chi connectivity index (χ0n) is 9.61. The average Bonchev–Trinajstić information content (AvgIpc) is 2.38. The summed E-state index contributed by atoms with van der Waals surface area (Å²) in [6.07, 6.45) is 3.91. The Kier molecular flexibility index (Phi) is 4.25. The molecule has 5 heteroatoms. The Hall–Kier alpha value is -1.49. The third-order valence-electron chi connectivity index (χ3n) is 2.74. The molecule has 1 atom stereocenters. The quantitative estimate of drug-likeness (QED) is 0.660. The SMILES string of the molecule is NNC(Cc1ccncc1)c1c(F)cccc1Cl. The minimum atomic E-state index is -0.374. The molecule has 0 aliphatic carbocycles. The van der Waals surface area contributed by atoms with Gasteiger partial charge in [0.15, 0.2) is 0 Å². The lowest BCUT2D eigenvalue weighted by Crippen LogP contribution is -2.30. The Morgan fingerprint density at radius 1 is 1.28 bits per heavy atom. The Morgan fingerprint density at radius 3 is 2.61 bits per heavy atom. The van der Waals surface area contributed by atoms with E-state index in [2.05, 4.69) is 10.4 Å². The average molecular weight is 266 g/mol. The number of halogens is 2. The maximum atomic E-state index is 13.8. The fourth-order valence-electron chi connectivity index (χ4n) is 1.84. The molecule has 94 valence electrons. The van der Waals surface area contributed by atoms with Crippen molar-refractivity contribution in [2.45, 2.75) is 12.5 Å². The predicted octanol–water partition coefficient (Wildman–Crippen LogP) is 2.62. The second-order valence-corrected chi connectivity index (χ2v) is 4.32. The highest BCUT2D eigenvalue weighted by Crippen LogP contribution is 2.27. The van der Waals surface area contributed by atoms with Crippen molar-refractivity contribution in [1.29, 1.82) is 0 Å². The molecule has 0 fully saturated rings. The van der Waals surface area contributed by atoms with Gasteiger partial charge in [-0.3, -0.25) is 16.3 Å². The van der Waals surface area contributed by atoms with E-state index in [9.17, 15) is 4.39 Å². The van der Waals surface area contributed by atoms with E-state index < -0.39 is 0 Å². The summed E-state index contributed by atoms with van der Waals surface area (Å²) in [6.45, 7) is 0. The third-order valence-corrected chi connectivity index (χ3v) is 3.07. The summed E-state index contributed by atoms with van der Waals surface area (Å²) in [7, 11) is 0. The molecule has 2 rings (SSSR count). The molecule has 3 N–H and O–H groups in total. The van der Waals surface area contributed by atoms with E-state index in [1.165, 1.54) is 6.07 Å². The molecular weight excluding hydrogens is 253 g/mol. The predicted molar refractivity (Wildman–Crippen MR) is 69.4 cm³/mol. The monoisotopic (exact) mass is 265 g/mol. The van der Waals surface area contributed by atoms with Gasteiger partial charge in [-0.25, -0.2) is 4.39 Å². The van der Waals surface area contributed by atoms with Crippen LogP contribution in [0.15, 0.2) is 42.7 Å². The summed E-state index contributed by atoms with van der Waals surface area (Å²) >= 11 is 6.02. The Balaban J connectivity index is 2.29. The van der Waals surface area contributed by atoms with Gasteiger partial charge in [0.1, 0.15) is 5.82 Å². The lowest BCUT2D eigenvalue weighted by atomic mass is 9.99. The Labute approximate surface area is 110 Å². The molecular formula is C13H13ClFN3. The summed E-state index contributed by atoms with van der Waals surface area (Å²) in [5.41, 5.74) is 4.00. The number of benzene rings is 1. The number of nitrogens with two attached hydrogens (primary N) is 1. The number of rotatable bonds is 4. The van der Waals surface area contributed by atoms with Crippen molar-refractivity contribution in [3.05, 3.63) is 64.7 Å². The molecule has 0 saturated carbocycles. The normalized spacial score (nSPS) is 12.4. The highest BCUT2D eigenvalue weighted by atomic mass is 35.5. The van der Waals surface area contributed by atoms with Gasteiger partial charge in [-0.2, -0.15) is 0 Å². The fourth-order valence-corrected chi connectivity index (χ4v) is 2.14. The van der Waals surface area contributed by atoms with Gasteiger partial charge in [0.2, 0.25) is 0 Å². The summed E-state index contributed by atoms with van der Waals surface area (Å²) in [6, 6.07) is 7.94. The lowest BCUT2D eigenvalue weighted by molar-refractivity contribution is 0.510. The van der Waals surface area contributed by atoms with Crippen molar-refractivity contribution >= 4 is 11.6 Å². The first-order valence-corrected chi connectivity index (χ1v) is 5.89. The van der Waals surface area contributed by atoms with Crippen LogP contribution in [-0.2, 0) is 6.42 Å². The van der Waals surface area contributed by atoms with E-state index in [1.807, 2.05) is 12.1 Å². The molecule has 0 amide bonds. The smallest absolute Gasteiger partial charge is 0.129 e. The molecule has 0 radical (unpaired) electrons. The van der Waals surface area contributed by atoms with Crippen LogP contribution < -0.4 is 11.3 Å².